The molecule has 1 amide bonds. The topological polar surface area (TPSA) is 70.1 Å². The summed E-state index contributed by atoms with van der Waals surface area (Å²) in [5.74, 6) is -3.37. The molecule has 1 aliphatic rings. The number of halogens is 2. The Hall–Kier alpha value is -3.26. The number of ketones is 1. The molecule has 1 heterocycles. The van der Waals surface area contributed by atoms with Gasteiger partial charge in [-0.3, -0.25) is 9.59 Å². The summed E-state index contributed by atoms with van der Waals surface area (Å²) < 4.78 is 32.5. The van der Waals surface area contributed by atoms with Gasteiger partial charge in [0.15, 0.2) is 11.6 Å². The van der Waals surface area contributed by atoms with Crippen LogP contribution in [0.3, 0.4) is 0 Å². The summed E-state index contributed by atoms with van der Waals surface area (Å²) in [6.07, 6.45) is 0. The number of amides is 1. The fourth-order valence-electron chi connectivity index (χ4n) is 3.38. The van der Waals surface area contributed by atoms with Crippen LogP contribution in [-0.2, 0) is 9.59 Å². The number of ether oxygens (including phenoxy) is 1. The molecule has 30 heavy (non-hydrogen) atoms. The van der Waals surface area contributed by atoms with Gasteiger partial charge in [0.05, 0.1) is 18.7 Å². The molecule has 1 N–H and O–H groups in total. The highest BCUT2D eigenvalue weighted by Crippen LogP contribution is 2.39. The molecule has 1 fully saturated rings. The van der Waals surface area contributed by atoms with Crippen molar-refractivity contribution in [3.63, 3.8) is 0 Å². The van der Waals surface area contributed by atoms with Crippen LogP contribution in [0.5, 0.6) is 5.75 Å². The quantitative estimate of drug-likeness (QED) is 0.446. The van der Waals surface area contributed by atoms with Crippen molar-refractivity contribution in [2.75, 3.05) is 34.3 Å². The van der Waals surface area contributed by atoms with Gasteiger partial charge < -0.3 is 19.6 Å². The van der Waals surface area contributed by atoms with Crippen molar-refractivity contribution in [2.45, 2.75) is 6.04 Å². The molecule has 0 aliphatic carbocycles. The molecular formula is C22H22F2N2O4. The number of Topliss-reactive ketones (excluding diaryl/α,β-unsaturated/α-hetero) is 1. The molecular weight excluding hydrogens is 394 g/mol. The zero-order valence-electron chi connectivity index (χ0n) is 16.9. The third-order valence-corrected chi connectivity index (χ3v) is 4.94. The van der Waals surface area contributed by atoms with Gasteiger partial charge >= 0.3 is 0 Å². The molecule has 6 nitrogen and oxygen atoms in total. The van der Waals surface area contributed by atoms with Crippen LogP contribution in [0.15, 0.2) is 48.0 Å². The third kappa shape index (κ3) is 4.04. The predicted octanol–water partition coefficient (Wildman–Crippen LogP) is 2.96. The van der Waals surface area contributed by atoms with Crippen LogP contribution in [0, 0.1) is 11.6 Å². The van der Waals surface area contributed by atoms with E-state index in [-0.39, 0.29) is 23.4 Å². The molecule has 0 radical (unpaired) electrons. The van der Waals surface area contributed by atoms with E-state index in [0.29, 0.717) is 12.1 Å². The molecule has 1 atom stereocenters. The maximum absolute atomic E-state index is 14.2. The predicted molar refractivity (Wildman–Crippen MR) is 107 cm³/mol. The van der Waals surface area contributed by atoms with Crippen LogP contribution in [0.4, 0.5) is 8.78 Å². The average Bonchev–Trinajstić information content (AvgIpc) is 2.96. The van der Waals surface area contributed by atoms with Gasteiger partial charge in [0.25, 0.3) is 11.7 Å². The zero-order valence-corrected chi connectivity index (χ0v) is 16.9. The van der Waals surface area contributed by atoms with E-state index < -0.39 is 35.1 Å². The minimum atomic E-state index is -0.921. The number of hydrogen-bond donors (Lipinski definition) is 1. The lowest BCUT2D eigenvalue weighted by atomic mass is 9.95. The maximum Gasteiger partial charge on any atom is 0.295 e. The highest BCUT2D eigenvalue weighted by Gasteiger charge is 2.45. The molecule has 2 aromatic carbocycles. The number of carbonyl (C=O) groups excluding carboxylic acids is 2. The summed E-state index contributed by atoms with van der Waals surface area (Å²) in [4.78, 5) is 28.7. The molecule has 1 aliphatic heterocycles. The number of nitrogens with zero attached hydrogens (tertiary/aromatic N) is 2. The Morgan fingerprint density at radius 2 is 1.80 bits per heavy atom. The van der Waals surface area contributed by atoms with E-state index in [4.69, 9.17) is 4.74 Å². The van der Waals surface area contributed by atoms with Crippen LogP contribution in [-0.4, -0.2) is 60.9 Å². The number of likely N-dealkylation sites (N-methyl/N-ethyl adjacent to an activating group) is 1. The normalized spacial score (nSPS) is 18.3. The van der Waals surface area contributed by atoms with Gasteiger partial charge in [-0.25, -0.2) is 8.78 Å². The average molecular weight is 416 g/mol. The Morgan fingerprint density at radius 3 is 2.37 bits per heavy atom. The fraction of sp³-hybridized carbons (Fsp3) is 0.273. The number of aliphatic hydroxyl groups is 1. The van der Waals surface area contributed by atoms with E-state index in [1.165, 1.54) is 48.4 Å². The van der Waals surface area contributed by atoms with E-state index in [9.17, 15) is 23.5 Å². The Kier molecular flexibility index (Phi) is 6.17. The van der Waals surface area contributed by atoms with E-state index in [0.717, 1.165) is 6.07 Å². The molecule has 1 saturated heterocycles. The molecule has 2 aromatic rings. The number of hydrogen-bond acceptors (Lipinski definition) is 5. The fourth-order valence-corrected chi connectivity index (χ4v) is 3.38. The lowest BCUT2D eigenvalue weighted by Gasteiger charge is -2.26. The van der Waals surface area contributed by atoms with Gasteiger partial charge in [-0.2, -0.15) is 0 Å². The summed E-state index contributed by atoms with van der Waals surface area (Å²) in [7, 11) is 4.95. The van der Waals surface area contributed by atoms with Gasteiger partial charge in [-0.15, -0.1) is 0 Å². The molecule has 0 bridgehead atoms. The van der Waals surface area contributed by atoms with Gasteiger partial charge in [0.1, 0.15) is 11.6 Å². The highest BCUT2D eigenvalue weighted by molar-refractivity contribution is 6.46. The van der Waals surface area contributed by atoms with Crippen molar-refractivity contribution in [3.05, 3.63) is 70.8 Å². The molecule has 0 aromatic heterocycles. The van der Waals surface area contributed by atoms with Crippen LogP contribution < -0.4 is 4.74 Å². The van der Waals surface area contributed by atoms with Gasteiger partial charge in [0, 0.05) is 18.7 Å². The number of aliphatic hydroxyl groups excluding tert-OH is 1. The monoisotopic (exact) mass is 416 g/mol. The molecule has 158 valence electrons. The first kappa shape index (κ1) is 21.4. The maximum atomic E-state index is 14.2. The molecule has 8 heteroatoms. The lowest BCUT2D eigenvalue weighted by molar-refractivity contribution is -0.140. The van der Waals surface area contributed by atoms with Crippen molar-refractivity contribution in [1.29, 1.82) is 0 Å². The van der Waals surface area contributed by atoms with E-state index in [2.05, 4.69) is 0 Å². The lowest BCUT2D eigenvalue weighted by Crippen LogP contribution is -2.35. The van der Waals surface area contributed by atoms with Crippen LogP contribution in [0.2, 0.25) is 0 Å². The van der Waals surface area contributed by atoms with E-state index >= 15 is 0 Å². The summed E-state index contributed by atoms with van der Waals surface area (Å²) in [5.41, 5.74) is 0.325. The smallest absolute Gasteiger partial charge is 0.295 e. The van der Waals surface area contributed by atoms with Crippen molar-refractivity contribution < 1.29 is 28.2 Å². The Labute approximate surface area is 173 Å². The summed E-state index contributed by atoms with van der Waals surface area (Å²) in [6, 6.07) is 8.17. The molecule has 0 unspecified atom stereocenters. The molecule has 0 spiro atoms. The summed E-state index contributed by atoms with van der Waals surface area (Å²) >= 11 is 0. The summed E-state index contributed by atoms with van der Waals surface area (Å²) in [6.45, 7) is 0.690. The number of carbonyl (C=O) groups is 2. The number of methoxy groups -OCH3 is 1. The first-order valence-corrected chi connectivity index (χ1v) is 9.27. The SMILES string of the molecule is COc1ccc(C(O)=C2C(=O)C(=O)N(CCN(C)C)[C@@H]2c2ccc(F)cc2)cc1F. The first-order chi connectivity index (χ1) is 14.2. The second-order valence-electron chi connectivity index (χ2n) is 7.20. The number of likely N-dealkylation sites (tertiary alicyclic amines) is 1. The Morgan fingerprint density at radius 1 is 1.13 bits per heavy atom. The Bertz CT molecular complexity index is 1000. The minimum Gasteiger partial charge on any atom is -0.507 e. The Balaban J connectivity index is 2.14. The van der Waals surface area contributed by atoms with Gasteiger partial charge in [-0.05, 0) is 50.0 Å². The van der Waals surface area contributed by atoms with Crippen molar-refractivity contribution in [2.24, 2.45) is 0 Å². The zero-order chi connectivity index (χ0) is 22.0. The third-order valence-electron chi connectivity index (χ3n) is 4.94. The minimum absolute atomic E-state index is 0.0203. The van der Waals surface area contributed by atoms with E-state index in [1.54, 1.807) is 0 Å². The van der Waals surface area contributed by atoms with E-state index in [1.807, 2.05) is 19.0 Å². The van der Waals surface area contributed by atoms with Crippen molar-refractivity contribution in [1.82, 2.24) is 9.80 Å². The number of rotatable bonds is 6. The summed E-state index contributed by atoms with van der Waals surface area (Å²) in [5, 5.41) is 10.9. The van der Waals surface area contributed by atoms with Crippen molar-refractivity contribution in [3.8, 4) is 5.75 Å². The highest BCUT2D eigenvalue weighted by atomic mass is 19.1. The van der Waals surface area contributed by atoms with Gasteiger partial charge in [-0.1, -0.05) is 12.1 Å². The first-order valence-electron chi connectivity index (χ1n) is 9.27. The largest absolute Gasteiger partial charge is 0.507 e. The van der Waals surface area contributed by atoms with Crippen LogP contribution in [0.25, 0.3) is 5.76 Å². The van der Waals surface area contributed by atoms with Crippen molar-refractivity contribution >= 4 is 17.4 Å². The second-order valence-corrected chi connectivity index (χ2v) is 7.20. The van der Waals surface area contributed by atoms with Crippen LogP contribution >= 0.6 is 0 Å². The number of benzene rings is 2. The second kappa shape index (κ2) is 8.62. The molecule has 3 rings (SSSR count). The standard InChI is InChI=1S/C22H22F2N2O4/c1-25(2)10-11-26-19(13-4-7-15(23)8-5-13)18(21(28)22(26)29)20(27)14-6-9-17(30-3)16(24)12-14/h4-9,12,19,27H,10-11H2,1-3H3/t19-/m1/s1. The van der Waals surface area contributed by atoms with Crippen LogP contribution in [0.1, 0.15) is 17.2 Å². The van der Waals surface area contributed by atoms with Gasteiger partial charge in [0.2, 0.25) is 0 Å². The molecule has 0 saturated carbocycles.